The molecule has 2 N–H and O–H groups in total. The van der Waals surface area contributed by atoms with Gasteiger partial charge in [-0.3, -0.25) is 9.69 Å². The Morgan fingerprint density at radius 3 is 2.35 bits per heavy atom. The summed E-state index contributed by atoms with van der Waals surface area (Å²) in [6.07, 6.45) is -0.280. The molecule has 0 unspecified atom stereocenters. The number of ether oxygens (including phenoxy) is 1. The summed E-state index contributed by atoms with van der Waals surface area (Å²) in [5.41, 5.74) is -0.666. The molecule has 2 aliphatic heterocycles. The van der Waals surface area contributed by atoms with Crippen LogP contribution >= 0.6 is 0 Å². The number of carbonyl (C=O) groups excluding carboxylic acids is 2. The number of likely N-dealkylation sites (tertiary alicyclic amines) is 2. The second kappa shape index (κ2) is 6.35. The molecular formula is C15H24N2O6. The number of β-amino-alcohol motifs (C(OH)–C–C–N with tert-alkyl or cyclic N) is 1. The van der Waals surface area contributed by atoms with Gasteiger partial charge in [0.05, 0.1) is 6.10 Å². The van der Waals surface area contributed by atoms with Crippen molar-refractivity contribution in [3.8, 4) is 0 Å². The van der Waals surface area contributed by atoms with Crippen LogP contribution in [0.3, 0.4) is 0 Å². The maximum Gasteiger partial charge on any atom is 0.410 e. The number of rotatable bonds is 2. The van der Waals surface area contributed by atoms with Crippen LogP contribution in [0.25, 0.3) is 0 Å². The van der Waals surface area contributed by atoms with Crippen molar-refractivity contribution in [3.05, 3.63) is 0 Å². The summed E-state index contributed by atoms with van der Waals surface area (Å²) in [7, 11) is 0. The molecule has 8 heteroatoms. The van der Waals surface area contributed by atoms with Crippen LogP contribution in [0.4, 0.5) is 4.79 Å². The summed E-state index contributed by atoms with van der Waals surface area (Å²) >= 11 is 0. The van der Waals surface area contributed by atoms with E-state index in [0.29, 0.717) is 19.4 Å². The Balaban J connectivity index is 2.11. The van der Waals surface area contributed by atoms with Gasteiger partial charge in [0.25, 0.3) is 0 Å². The van der Waals surface area contributed by atoms with Gasteiger partial charge in [-0.25, -0.2) is 9.59 Å². The van der Waals surface area contributed by atoms with E-state index >= 15 is 0 Å². The van der Waals surface area contributed by atoms with Crippen molar-refractivity contribution in [2.45, 2.75) is 63.8 Å². The number of aliphatic hydroxyl groups is 1. The Kier molecular flexibility index (Phi) is 4.84. The minimum absolute atomic E-state index is 0.0141. The van der Waals surface area contributed by atoms with E-state index in [-0.39, 0.29) is 13.0 Å². The number of aliphatic carboxylic acids is 1. The molecule has 3 atom stereocenters. The number of nitrogens with zero attached hydrogens (tertiary/aromatic N) is 2. The monoisotopic (exact) mass is 328 g/mol. The molecule has 2 saturated heterocycles. The Hall–Kier alpha value is -1.83. The zero-order chi connectivity index (χ0) is 17.4. The molecule has 23 heavy (non-hydrogen) atoms. The van der Waals surface area contributed by atoms with Crippen LogP contribution in [-0.4, -0.2) is 74.9 Å². The number of carboxylic acids is 1. The number of hydrogen-bond acceptors (Lipinski definition) is 5. The maximum atomic E-state index is 12.7. The third-order valence-corrected chi connectivity index (χ3v) is 4.01. The lowest BCUT2D eigenvalue weighted by molar-refractivity contribution is -0.149. The van der Waals surface area contributed by atoms with E-state index in [1.54, 1.807) is 20.8 Å². The Morgan fingerprint density at radius 2 is 1.78 bits per heavy atom. The van der Waals surface area contributed by atoms with Gasteiger partial charge in [0, 0.05) is 19.5 Å². The average Bonchev–Trinajstić information content (AvgIpc) is 3.01. The van der Waals surface area contributed by atoms with Crippen molar-refractivity contribution in [2.75, 3.05) is 13.1 Å². The Labute approximate surface area is 135 Å². The highest BCUT2D eigenvalue weighted by Crippen LogP contribution is 2.26. The van der Waals surface area contributed by atoms with E-state index in [0.717, 1.165) is 0 Å². The van der Waals surface area contributed by atoms with E-state index < -0.39 is 41.8 Å². The Bertz CT molecular complexity index is 501. The van der Waals surface area contributed by atoms with E-state index in [2.05, 4.69) is 0 Å². The zero-order valence-electron chi connectivity index (χ0n) is 13.7. The first kappa shape index (κ1) is 17.5. The van der Waals surface area contributed by atoms with E-state index in [1.165, 1.54) is 9.80 Å². The highest BCUT2D eigenvalue weighted by molar-refractivity contribution is 5.90. The van der Waals surface area contributed by atoms with Crippen molar-refractivity contribution in [1.82, 2.24) is 9.80 Å². The molecule has 0 aromatic heterocycles. The van der Waals surface area contributed by atoms with Gasteiger partial charge in [0.2, 0.25) is 5.91 Å². The normalized spacial score (nSPS) is 28.1. The van der Waals surface area contributed by atoms with Crippen LogP contribution in [-0.2, 0) is 14.3 Å². The lowest BCUT2D eigenvalue weighted by Crippen LogP contribution is -2.51. The fourth-order valence-electron chi connectivity index (χ4n) is 3.05. The van der Waals surface area contributed by atoms with Crippen molar-refractivity contribution in [3.63, 3.8) is 0 Å². The summed E-state index contributed by atoms with van der Waals surface area (Å²) in [5, 5.41) is 18.9. The van der Waals surface area contributed by atoms with Crippen molar-refractivity contribution >= 4 is 18.0 Å². The molecule has 2 fully saturated rings. The summed E-state index contributed by atoms with van der Waals surface area (Å²) < 4.78 is 5.31. The van der Waals surface area contributed by atoms with Gasteiger partial charge in [-0.05, 0) is 33.6 Å². The maximum absolute atomic E-state index is 12.7. The van der Waals surface area contributed by atoms with Crippen molar-refractivity contribution in [2.24, 2.45) is 0 Å². The zero-order valence-corrected chi connectivity index (χ0v) is 13.7. The third kappa shape index (κ3) is 3.93. The number of carbonyl (C=O) groups is 3. The lowest BCUT2D eigenvalue weighted by atomic mass is 10.1. The molecule has 2 amide bonds. The molecular weight excluding hydrogens is 304 g/mol. The molecule has 0 aromatic rings. The molecule has 0 bridgehead atoms. The number of aliphatic hydroxyl groups excluding tert-OH is 1. The molecule has 0 aromatic carbocycles. The molecule has 130 valence electrons. The molecule has 0 aliphatic carbocycles. The van der Waals surface area contributed by atoms with E-state index in [9.17, 15) is 24.6 Å². The highest BCUT2D eigenvalue weighted by atomic mass is 16.6. The highest BCUT2D eigenvalue weighted by Gasteiger charge is 2.45. The first-order valence-electron chi connectivity index (χ1n) is 7.81. The largest absolute Gasteiger partial charge is 0.480 e. The van der Waals surface area contributed by atoms with Gasteiger partial charge < -0.3 is 19.8 Å². The number of amides is 2. The van der Waals surface area contributed by atoms with Crippen LogP contribution in [0.15, 0.2) is 0 Å². The van der Waals surface area contributed by atoms with Crippen LogP contribution in [0, 0.1) is 0 Å². The summed E-state index contributed by atoms with van der Waals surface area (Å²) in [5.74, 6) is -1.57. The van der Waals surface area contributed by atoms with Crippen LogP contribution in [0.2, 0.25) is 0 Å². The van der Waals surface area contributed by atoms with Gasteiger partial charge in [-0.2, -0.15) is 0 Å². The van der Waals surface area contributed by atoms with Gasteiger partial charge in [0.15, 0.2) is 0 Å². The molecule has 0 radical (unpaired) electrons. The molecule has 2 rings (SSSR count). The molecule has 0 spiro atoms. The van der Waals surface area contributed by atoms with Gasteiger partial charge in [0.1, 0.15) is 17.7 Å². The second-order valence-electron chi connectivity index (χ2n) is 7.07. The first-order valence-corrected chi connectivity index (χ1v) is 7.81. The number of carboxylic acid groups (broad SMARTS) is 1. The topological polar surface area (TPSA) is 107 Å². The van der Waals surface area contributed by atoms with Gasteiger partial charge in [-0.15, -0.1) is 0 Å². The lowest BCUT2D eigenvalue weighted by Gasteiger charge is -2.31. The van der Waals surface area contributed by atoms with Crippen molar-refractivity contribution < 1.29 is 29.3 Å². The van der Waals surface area contributed by atoms with E-state index in [1.807, 2.05) is 0 Å². The quantitative estimate of drug-likeness (QED) is 0.761. The van der Waals surface area contributed by atoms with Crippen molar-refractivity contribution in [1.29, 1.82) is 0 Å². The van der Waals surface area contributed by atoms with Gasteiger partial charge in [-0.1, -0.05) is 0 Å². The molecule has 8 nitrogen and oxygen atoms in total. The molecule has 2 heterocycles. The summed E-state index contributed by atoms with van der Waals surface area (Å²) in [6.45, 7) is 5.62. The SMILES string of the molecule is CC(C)(C)OC(=O)N1CCC[C@H]1C(=O)N1C[C@H](O)C[C@H]1C(=O)O. The fraction of sp³-hybridized carbons (Fsp3) is 0.800. The minimum Gasteiger partial charge on any atom is -0.480 e. The van der Waals surface area contributed by atoms with Crippen LogP contribution in [0.1, 0.15) is 40.0 Å². The standard InChI is InChI=1S/C15H24N2O6/c1-15(2,3)23-14(22)16-6-4-5-10(16)12(19)17-8-9(18)7-11(17)13(20)21/h9-11,18H,4-8H2,1-3H3,(H,20,21)/t9-,10+,11+/m1/s1. The second-order valence-corrected chi connectivity index (χ2v) is 7.07. The predicted molar refractivity (Wildman–Crippen MR) is 79.7 cm³/mol. The summed E-state index contributed by atoms with van der Waals surface area (Å²) in [6, 6.07) is -1.77. The fourth-order valence-corrected chi connectivity index (χ4v) is 3.05. The van der Waals surface area contributed by atoms with Gasteiger partial charge >= 0.3 is 12.1 Å². The smallest absolute Gasteiger partial charge is 0.410 e. The Morgan fingerprint density at radius 1 is 1.13 bits per heavy atom. The van der Waals surface area contributed by atoms with E-state index in [4.69, 9.17) is 4.74 Å². The average molecular weight is 328 g/mol. The minimum atomic E-state index is -1.14. The first-order chi connectivity index (χ1) is 10.6. The third-order valence-electron chi connectivity index (χ3n) is 4.01. The number of hydrogen-bond donors (Lipinski definition) is 2. The van der Waals surface area contributed by atoms with Crippen LogP contribution < -0.4 is 0 Å². The molecule has 0 saturated carbocycles. The van der Waals surface area contributed by atoms with Crippen LogP contribution in [0.5, 0.6) is 0 Å². The predicted octanol–water partition coefficient (Wildman–Crippen LogP) is 0.432. The summed E-state index contributed by atoms with van der Waals surface area (Å²) in [4.78, 5) is 38.7. The molecule has 2 aliphatic rings.